The summed E-state index contributed by atoms with van der Waals surface area (Å²) in [4.78, 5) is 0. The molecule has 0 saturated heterocycles. The van der Waals surface area contributed by atoms with Crippen LogP contribution in [0, 0.1) is 12.8 Å². The Morgan fingerprint density at radius 3 is 2.62 bits per heavy atom. The van der Waals surface area contributed by atoms with Gasteiger partial charge in [-0.3, -0.25) is 0 Å². The van der Waals surface area contributed by atoms with Crippen LogP contribution in [-0.4, -0.2) is 18.3 Å². The second kappa shape index (κ2) is 4.44. The van der Waals surface area contributed by atoms with Crippen LogP contribution in [-0.2, 0) is 0 Å². The largest absolute Gasteiger partial charge is 0.497 e. The van der Waals surface area contributed by atoms with Crippen LogP contribution in [0.25, 0.3) is 0 Å². The van der Waals surface area contributed by atoms with Gasteiger partial charge in [-0.1, -0.05) is 6.07 Å². The first-order valence-corrected chi connectivity index (χ1v) is 5.71. The Kier molecular flexibility index (Phi) is 3.17. The van der Waals surface area contributed by atoms with Crippen molar-refractivity contribution in [3.8, 4) is 5.75 Å². The van der Waals surface area contributed by atoms with E-state index in [2.05, 4.69) is 0 Å². The summed E-state index contributed by atoms with van der Waals surface area (Å²) in [6.07, 6.45) is 1.79. The number of benzene rings is 1. The second-order valence-electron chi connectivity index (χ2n) is 4.58. The number of hydrogen-bond donors (Lipinski definition) is 2. The van der Waals surface area contributed by atoms with E-state index in [9.17, 15) is 5.11 Å². The maximum atomic E-state index is 10.0. The lowest BCUT2D eigenvalue weighted by Gasteiger charge is -2.21. The molecule has 1 aliphatic rings. The van der Waals surface area contributed by atoms with Crippen LogP contribution in [0.2, 0.25) is 0 Å². The van der Waals surface area contributed by atoms with Crippen molar-refractivity contribution in [2.75, 3.05) is 7.11 Å². The third kappa shape index (κ3) is 2.20. The Morgan fingerprint density at radius 2 is 2.12 bits per heavy atom. The van der Waals surface area contributed by atoms with E-state index in [4.69, 9.17) is 10.5 Å². The summed E-state index contributed by atoms with van der Waals surface area (Å²) in [6, 6.07) is 5.51. The van der Waals surface area contributed by atoms with Crippen LogP contribution in [0.4, 0.5) is 0 Å². The van der Waals surface area contributed by atoms with E-state index in [0.29, 0.717) is 5.92 Å². The molecule has 0 bridgehead atoms. The summed E-state index contributed by atoms with van der Waals surface area (Å²) in [5.41, 5.74) is 8.17. The molecule has 16 heavy (non-hydrogen) atoms. The first kappa shape index (κ1) is 11.4. The lowest BCUT2D eigenvalue weighted by atomic mass is 9.95. The number of hydrogen-bond acceptors (Lipinski definition) is 3. The van der Waals surface area contributed by atoms with Gasteiger partial charge in [-0.25, -0.2) is 0 Å². The molecule has 1 aromatic carbocycles. The molecule has 1 aliphatic carbocycles. The fourth-order valence-corrected chi connectivity index (χ4v) is 2.06. The Labute approximate surface area is 96.2 Å². The van der Waals surface area contributed by atoms with Gasteiger partial charge in [0.05, 0.1) is 19.3 Å². The molecular formula is C13H19NO2. The lowest BCUT2D eigenvalue weighted by molar-refractivity contribution is 0.122. The van der Waals surface area contributed by atoms with E-state index >= 15 is 0 Å². The van der Waals surface area contributed by atoms with Gasteiger partial charge in [-0.05, 0) is 48.9 Å². The van der Waals surface area contributed by atoms with Crippen molar-refractivity contribution in [3.63, 3.8) is 0 Å². The number of aliphatic hydroxyl groups excluding tert-OH is 1. The Bertz CT molecular complexity index is 374. The van der Waals surface area contributed by atoms with Crippen LogP contribution in [0.3, 0.4) is 0 Å². The minimum absolute atomic E-state index is 0.279. The van der Waals surface area contributed by atoms with Crippen LogP contribution in [0.5, 0.6) is 5.75 Å². The molecule has 0 heterocycles. The summed E-state index contributed by atoms with van der Waals surface area (Å²) < 4.78 is 5.15. The van der Waals surface area contributed by atoms with E-state index < -0.39 is 6.10 Å². The van der Waals surface area contributed by atoms with E-state index in [1.165, 1.54) is 0 Å². The zero-order valence-electron chi connectivity index (χ0n) is 9.81. The van der Waals surface area contributed by atoms with Crippen molar-refractivity contribution in [2.24, 2.45) is 11.7 Å². The zero-order valence-corrected chi connectivity index (χ0v) is 9.81. The van der Waals surface area contributed by atoms with Crippen molar-refractivity contribution in [2.45, 2.75) is 31.9 Å². The number of rotatable bonds is 4. The SMILES string of the molecule is COc1ccc([C@@H](N)[C@@H](O)C2CC2)c(C)c1. The van der Waals surface area contributed by atoms with E-state index in [1.54, 1.807) is 7.11 Å². The van der Waals surface area contributed by atoms with Crippen molar-refractivity contribution in [1.82, 2.24) is 0 Å². The minimum atomic E-state index is -0.410. The van der Waals surface area contributed by atoms with Crippen molar-refractivity contribution < 1.29 is 9.84 Å². The highest BCUT2D eigenvalue weighted by Crippen LogP contribution is 2.38. The Hall–Kier alpha value is -1.06. The molecule has 0 unspecified atom stereocenters. The zero-order chi connectivity index (χ0) is 11.7. The van der Waals surface area contributed by atoms with E-state index in [0.717, 1.165) is 29.7 Å². The molecule has 88 valence electrons. The van der Waals surface area contributed by atoms with Crippen LogP contribution in [0.1, 0.15) is 30.0 Å². The molecule has 0 aromatic heterocycles. The molecule has 0 spiro atoms. The summed E-state index contributed by atoms with van der Waals surface area (Å²) in [6.45, 7) is 2.00. The highest BCUT2D eigenvalue weighted by Gasteiger charge is 2.34. The topological polar surface area (TPSA) is 55.5 Å². The van der Waals surface area contributed by atoms with Gasteiger partial charge in [0.15, 0.2) is 0 Å². The standard InChI is InChI=1S/C13H19NO2/c1-8-7-10(16-2)5-6-11(8)12(14)13(15)9-3-4-9/h5-7,9,12-13,15H,3-4,14H2,1-2H3/t12-,13+/m1/s1. The van der Waals surface area contributed by atoms with Gasteiger partial charge in [0.1, 0.15) is 5.75 Å². The first-order chi connectivity index (χ1) is 7.63. The molecule has 1 aromatic rings. The van der Waals surface area contributed by atoms with Gasteiger partial charge >= 0.3 is 0 Å². The fourth-order valence-electron chi connectivity index (χ4n) is 2.06. The molecule has 1 saturated carbocycles. The monoisotopic (exact) mass is 221 g/mol. The molecule has 0 radical (unpaired) electrons. The predicted octanol–water partition coefficient (Wildman–Crippen LogP) is 1.77. The smallest absolute Gasteiger partial charge is 0.119 e. The van der Waals surface area contributed by atoms with Crippen molar-refractivity contribution in [1.29, 1.82) is 0 Å². The third-order valence-electron chi connectivity index (χ3n) is 3.31. The fraction of sp³-hybridized carbons (Fsp3) is 0.538. The maximum absolute atomic E-state index is 10.0. The number of ether oxygens (including phenoxy) is 1. The van der Waals surface area contributed by atoms with Crippen LogP contribution in [0.15, 0.2) is 18.2 Å². The van der Waals surface area contributed by atoms with E-state index in [1.807, 2.05) is 25.1 Å². The normalized spacial score (nSPS) is 19.2. The highest BCUT2D eigenvalue weighted by atomic mass is 16.5. The van der Waals surface area contributed by atoms with Gasteiger partial charge in [-0.15, -0.1) is 0 Å². The molecule has 3 heteroatoms. The van der Waals surface area contributed by atoms with Crippen LogP contribution < -0.4 is 10.5 Å². The molecule has 0 amide bonds. The van der Waals surface area contributed by atoms with Crippen molar-refractivity contribution in [3.05, 3.63) is 29.3 Å². The number of nitrogens with two attached hydrogens (primary N) is 1. The summed E-state index contributed by atoms with van der Waals surface area (Å²) in [5.74, 6) is 1.23. The molecule has 1 fully saturated rings. The molecular weight excluding hydrogens is 202 g/mol. The minimum Gasteiger partial charge on any atom is -0.497 e. The molecule has 3 N–H and O–H groups in total. The molecule has 2 atom stereocenters. The Morgan fingerprint density at radius 1 is 1.44 bits per heavy atom. The third-order valence-corrected chi connectivity index (χ3v) is 3.31. The van der Waals surface area contributed by atoms with Gasteiger partial charge in [0.25, 0.3) is 0 Å². The van der Waals surface area contributed by atoms with Gasteiger partial charge in [-0.2, -0.15) is 0 Å². The number of aliphatic hydroxyl groups is 1. The van der Waals surface area contributed by atoms with E-state index in [-0.39, 0.29) is 6.04 Å². The van der Waals surface area contributed by atoms with Gasteiger partial charge in [0, 0.05) is 0 Å². The quantitative estimate of drug-likeness (QED) is 0.814. The van der Waals surface area contributed by atoms with Gasteiger partial charge in [0.2, 0.25) is 0 Å². The van der Waals surface area contributed by atoms with Gasteiger partial charge < -0.3 is 15.6 Å². The summed E-state index contributed by atoms with van der Waals surface area (Å²) in [7, 11) is 1.65. The molecule has 0 aliphatic heterocycles. The summed E-state index contributed by atoms with van der Waals surface area (Å²) in [5, 5.41) is 10.0. The number of methoxy groups -OCH3 is 1. The maximum Gasteiger partial charge on any atom is 0.119 e. The second-order valence-corrected chi connectivity index (χ2v) is 4.58. The molecule has 3 nitrogen and oxygen atoms in total. The number of aryl methyl sites for hydroxylation is 1. The average Bonchev–Trinajstić information content (AvgIpc) is 3.10. The van der Waals surface area contributed by atoms with Crippen molar-refractivity contribution >= 4 is 0 Å². The lowest BCUT2D eigenvalue weighted by Crippen LogP contribution is -2.28. The van der Waals surface area contributed by atoms with Crippen LogP contribution >= 0.6 is 0 Å². The predicted molar refractivity (Wildman–Crippen MR) is 63.4 cm³/mol. The molecule has 2 rings (SSSR count). The highest BCUT2D eigenvalue weighted by molar-refractivity contribution is 5.37. The summed E-state index contributed by atoms with van der Waals surface area (Å²) >= 11 is 0. The Balaban J connectivity index is 2.18. The first-order valence-electron chi connectivity index (χ1n) is 5.71. The average molecular weight is 221 g/mol.